The number of nitrogens with zero attached hydrogens (tertiary/aromatic N) is 3. The van der Waals surface area contributed by atoms with Crippen molar-refractivity contribution in [1.82, 2.24) is 20.1 Å². The van der Waals surface area contributed by atoms with Crippen LogP contribution in [0.4, 0.5) is 5.69 Å². The van der Waals surface area contributed by atoms with Gasteiger partial charge in [0.2, 0.25) is 5.91 Å². The highest BCUT2D eigenvalue weighted by Crippen LogP contribution is 2.20. The summed E-state index contributed by atoms with van der Waals surface area (Å²) >= 11 is 1.31. The first kappa shape index (κ1) is 20.6. The van der Waals surface area contributed by atoms with E-state index in [2.05, 4.69) is 20.8 Å². The van der Waals surface area contributed by atoms with Crippen molar-refractivity contribution in [3.63, 3.8) is 0 Å². The van der Waals surface area contributed by atoms with Gasteiger partial charge in [-0.25, -0.2) is 0 Å². The van der Waals surface area contributed by atoms with E-state index >= 15 is 0 Å². The molecule has 8 heteroatoms. The van der Waals surface area contributed by atoms with Gasteiger partial charge in [0, 0.05) is 12.6 Å². The Morgan fingerprint density at radius 2 is 1.79 bits per heavy atom. The lowest BCUT2D eigenvalue weighted by molar-refractivity contribution is -0.113. The van der Waals surface area contributed by atoms with Crippen LogP contribution in [0, 0.1) is 0 Å². The van der Waals surface area contributed by atoms with Crippen molar-refractivity contribution in [3.8, 4) is 0 Å². The molecule has 0 unspecified atom stereocenters. The Morgan fingerprint density at radius 1 is 1.07 bits per heavy atom. The maximum absolute atomic E-state index is 12.6. The van der Waals surface area contributed by atoms with E-state index in [1.54, 1.807) is 30.6 Å². The van der Waals surface area contributed by atoms with Crippen molar-refractivity contribution in [2.24, 2.45) is 0 Å². The average molecular weight is 410 g/mol. The number of thioether (sulfide) groups is 1. The maximum atomic E-state index is 12.6. The molecule has 0 saturated carbocycles. The second-order valence-corrected chi connectivity index (χ2v) is 7.61. The molecule has 1 aromatic heterocycles. The largest absolute Gasteiger partial charge is 0.348 e. The molecule has 2 aromatic carbocycles. The molecule has 0 radical (unpaired) electrons. The van der Waals surface area contributed by atoms with E-state index in [4.69, 9.17) is 0 Å². The topological polar surface area (TPSA) is 88.9 Å². The Bertz CT molecular complexity index is 972. The molecule has 0 spiro atoms. The summed E-state index contributed by atoms with van der Waals surface area (Å²) in [5, 5.41) is 14.3. The summed E-state index contributed by atoms with van der Waals surface area (Å²) in [6.07, 6.45) is 1.65. The van der Waals surface area contributed by atoms with Gasteiger partial charge in [-0.3, -0.25) is 9.59 Å². The molecule has 0 atom stereocenters. The fourth-order valence-electron chi connectivity index (χ4n) is 2.67. The van der Waals surface area contributed by atoms with E-state index in [1.807, 2.05) is 48.7 Å². The van der Waals surface area contributed by atoms with Gasteiger partial charge in [-0.15, -0.1) is 10.2 Å². The maximum Gasteiger partial charge on any atom is 0.253 e. The van der Waals surface area contributed by atoms with Gasteiger partial charge in [-0.1, -0.05) is 54.2 Å². The van der Waals surface area contributed by atoms with Gasteiger partial charge >= 0.3 is 0 Å². The molecule has 0 bridgehead atoms. The number of carbonyl (C=O) groups is 2. The summed E-state index contributed by atoms with van der Waals surface area (Å²) in [4.78, 5) is 25.0. The number of aromatic nitrogens is 3. The number of rotatable bonds is 8. The Labute approximate surface area is 173 Å². The Morgan fingerprint density at radius 3 is 2.55 bits per heavy atom. The van der Waals surface area contributed by atoms with Crippen LogP contribution in [0.5, 0.6) is 0 Å². The lowest BCUT2D eigenvalue weighted by Gasteiger charge is -2.12. The third-order valence-corrected chi connectivity index (χ3v) is 5.13. The highest BCUT2D eigenvalue weighted by atomic mass is 32.2. The third kappa shape index (κ3) is 5.68. The third-order valence-electron chi connectivity index (χ3n) is 4.17. The van der Waals surface area contributed by atoms with Crippen LogP contribution < -0.4 is 10.6 Å². The molecule has 0 aliphatic rings. The zero-order valence-corrected chi connectivity index (χ0v) is 17.1. The summed E-state index contributed by atoms with van der Waals surface area (Å²) in [7, 11) is 0. The Kier molecular flexibility index (Phi) is 7.02. The summed E-state index contributed by atoms with van der Waals surface area (Å²) in [5.41, 5.74) is 1.91. The molecule has 3 aromatic rings. The molecule has 150 valence electrons. The summed E-state index contributed by atoms with van der Waals surface area (Å²) in [6, 6.07) is 16.8. The minimum absolute atomic E-state index is 0.172. The SMILES string of the molecule is CC(C)n1cnnc1SCC(=O)Nc1ccccc1C(=O)NCc1ccccc1. The van der Waals surface area contributed by atoms with E-state index in [0.717, 1.165) is 5.56 Å². The standard InChI is InChI=1S/C21H23N5O2S/c1-15(2)26-14-23-25-21(26)29-13-19(27)24-18-11-7-6-10-17(18)20(28)22-12-16-8-4-3-5-9-16/h3-11,14-15H,12-13H2,1-2H3,(H,22,28)(H,24,27). The Balaban J connectivity index is 1.60. The predicted molar refractivity (Wildman–Crippen MR) is 114 cm³/mol. The van der Waals surface area contributed by atoms with Crippen LogP contribution >= 0.6 is 11.8 Å². The van der Waals surface area contributed by atoms with Crippen LogP contribution in [-0.2, 0) is 11.3 Å². The van der Waals surface area contributed by atoms with Gasteiger partial charge in [0.1, 0.15) is 6.33 Å². The number of benzene rings is 2. The minimum atomic E-state index is -0.239. The van der Waals surface area contributed by atoms with E-state index in [9.17, 15) is 9.59 Å². The average Bonchev–Trinajstić information content (AvgIpc) is 3.21. The molecule has 7 nitrogen and oxygen atoms in total. The van der Waals surface area contributed by atoms with E-state index in [-0.39, 0.29) is 23.6 Å². The number of anilines is 1. The molecule has 0 aliphatic heterocycles. The molecule has 29 heavy (non-hydrogen) atoms. The fourth-order valence-corrected chi connectivity index (χ4v) is 3.51. The van der Waals surface area contributed by atoms with Crippen molar-refractivity contribution < 1.29 is 9.59 Å². The monoisotopic (exact) mass is 409 g/mol. The van der Waals surface area contributed by atoms with Crippen molar-refractivity contribution in [2.75, 3.05) is 11.1 Å². The number of hydrogen-bond acceptors (Lipinski definition) is 5. The zero-order valence-electron chi connectivity index (χ0n) is 16.3. The van der Waals surface area contributed by atoms with Gasteiger partial charge < -0.3 is 15.2 Å². The molecular weight excluding hydrogens is 386 g/mol. The van der Waals surface area contributed by atoms with Crippen LogP contribution in [0.2, 0.25) is 0 Å². The molecular formula is C21H23N5O2S. The number of carbonyl (C=O) groups excluding carboxylic acids is 2. The first-order valence-electron chi connectivity index (χ1n) is 9.28. The first-order valence-corrected chi connectivity index (χ1v) is 10.3. The highest BCUT2D eigenvalue weighted by Gasteiger charge is 2.15. The quantitative estimate of drug-likeness (QED) is 0.556. The lowest BCUT2D eigenvalue weighted by Crippen LogP contribution is -2.25. The van der Waals surface area contributed by atoms with Crippen molar-refractivity contribution in [3.05, 3.63) is 72.1 Å². The van der Waals surface area contributed by atoms with Crippen LogP contribution in [0.3, 0.4) is 0 Å². The van der Waals surface area contributed by atoms with Crippen LogP contribution in [-0.4, -0.2) is 32.3 Å². The lowest BCUT2D eigenvalue weighted by atomic mass is 10.1. The summed E-state index contributed by atoms with van der Waals surface area (Å²) in [6.45, 7) is 4.47. The number of para-hydroxylation sites is 1. The second-order valence-electron chi connectivity index (χ2n) is 6.67. The highest BCUT2D eigenvalue weighted by molar-refractivity contribution is 7.99. The smallest absolute Gasteiger partial charge is 0.253 e. The number of hydrogen-bond donors (Lipinski definition) is 2. The first-order chi connectivity index (χ1) is 14.0. The number of amides is 2. The van der Waals surface area contributed by atoms with Gasteiger partial charge in [0.15, 0.2) is 5.16 Å². The molecule has 0 aliphatic carbocycles. The zero-order chi connectivity index (χ0) is 20.6. The van der Waals surface area contributed by atoms with Crippen molar-refractivity contribution in [2.45, 2.75) is 31.6 Å². The van der Waals surface area contributed by atoms with Gasteiger partial charge in [0.25, 0.3) is 5.91 Å². The van der Waals surface area contributed by atoms with E-state index in [1.165, 1.54) is 11.8 Å². The molecule has 1 heterocycles. The molecule has 0 saturated heterocycles. The van der Waals surface area contributed by atoms with E-state index in [0.29, 0.717) is 23.0 Å². The van der Waals surface area contributed by atoms with Crippen molar-refractivity contribution >= 4 is 29.3 Å². The van der Waals surface area contributed by atoms with Crippen molar-refractivity contribution in [1.29, 1.82) is 0 Å². The van der Waals surface area contributed by atoms with Gasteiger partial charge in [-0.2, -0.15) is 0 Å². The van der Waals surface area contributed by atoms with E-state index < -0.39 is 0 Å². The molecule has 0 fully saturated rings. The van der Waals surface area contributed by atoms with Crippen LogP contribution in [0.1, 0.15) is 35.8 Å². The second kappa shape index (κ2) is 9.88. The van der Waals surface area contributed by atoms with Gasteiger partial charge in [-0.05, 0) is 31.5 Å². The van der Waals surface area contributed by atoms with Crippen LogP contribution in [0.25, 0.3) is 0 Å². The normalized spacial score (nSPS) is 10.7. The van der Waals surface area contributed by atoms with Gasteiger partial charge in [0.05, 0.1) is 17.0 Å². The number of nitrogens with one attached hydrogen (secondary N) is 2. The summed E-state index contributed by atoms with van der Waals surface area (Å²) < 4.78 is 1.91. The summed E-state index contributed by atoms with van der Waals surface area (Å²) in [5.74, 6) is -0.278. The molecule has 2 N–H and O–H groups in total. The minimum Gasteiger partial charge on any atom is -0.348 e. The Hall–Kier alpha value is -3.13. The predicted octanol–water partition coefficient (Wildman–Crippen LogP) is 3.52. The fraction of sp³-hybridized carbons (Fsp3) is 0.238. The molecule has 3 rings (SSSR count). The molecule has 2 amide bonds. The van der Waals surface area contributed by atoms with Crippen LogP contribution in [0.15, 0.2) is 66.1 Å².